The van der Waals surface area contributed by atoms with E-state index in [1.54, 1.807) is 0 Å². The maximum Gasteiger partial charge on any atom is 0.132 e. The molecule has 1 aliphatic heterocycles. The lowest BCUT2D eigenvalue weighted by Crippen LogP contribution is -2.32. The van der Waals surface area contributed by atoms with Gasteiger partial charge in [0.05, 0.1) is 16.5 Å². The maximum atomic E-state index is 6.75. The molecule has 15 rings (SSSR count). The fourth-order valence-electron chi connectivity index (χ4n) is 14.0. The van der Waals surface area contributed by atoms with Gasteiger partial charge in [-0.15, -0.1) is 0 Å². The second kappa shape index (κ2) is 16.8. The Kier molecular flexibility index (Phi) is 9.95. The van der Waals surface area contributed by atoms with Crippen molar-refractivity contribution in [3.8, 4) is 67.1 Å². The van der Waals surface area contributed by atoms with Crippen LogP contribution >= 0.6 is 0 Å². The number of anilines is 3. The number of nitrogens with zero attached hydrogens (tertiary/aromatic N) is 1. The maximum absolute atomic E-state index is 6.75. The lowest BCUT2D eigenvalue weighted by atomic mass is 9.66. The molecule has 0 aromatic heterocycles. The number of ether oxygens (including phenoxy) is 1. The SMILES string of the molecule is CC(C)(C)c1ccc2c(c1)C1(c3ccccc3-c3ccc(N(c4ccc(-c5ccccc5)cc4)c4ccccc4-c4ccc5c(c4)C4(c6ccccc6Oc6ccccc64)c4ccccc4-5)cc31)c1cc(C(C)(C)C)ccc1-2. The van der Waals surface area contributed by atoms with Crippen molar-refractivity contribution < 1.29 is 4.74 Å². The van der Waals surface area contributed by atoms with E-state index < -0.39 is 10.8 Å². The van der Waals surface area contributed by atoms with Crippen molar-refractivity contribution in [3.63, 3.8) is 0 Å². The highest BCUT2D eigenvalue weighted by Gasteiger charge is 2.54. The van der Waals surface area contributed by atoms with E-state index in [9.17, 15) is 0 Å². The summed E-state index contributed by atoms with van der Waals surface area (Å²) in [5.74, 6) is 1.78. The summed E-state index contributed by atoms with van der Waals surface area (Å²) in [4.78, 5) is 2.52. The van der Waals surface area contributed by atoms with Gasteiger partial charge in [0.25, 0.3) is 0 Å². The molecule has 2 heteroatoms. The first-order chi connectivity index (χ1) is 37.9. The van der Waals surface area contributed by atoms with Crippen LogP contribution in [0.1, 0.15) is 97.2 Å². The lowest BCUT2D eigenvalue weighted by molar-refractivity contribution is 0.436. The van der Waals surface area contributed by atoms with Crippen molar-refractivity contribution in [1.82, 2.24) is 0 Å². The normalized spacial score (nSPS) is 14.3. The Balaban J connectivity index is 0.982. The average Bonchev–Trinajstić information content (AvgIpc) is 4.26. The molecule has 1 heterocycles. The van der Waals surface area contributed by atoms with Crippen LogP contribution in [0.25, 0.3) is 55.6 Å². The minimum absolute atomic E-state index is 0.0473. The predicted octanol–water partition coefficient (Wildman–Crippen LogP) is 19.9. The van der Waals surface area contributed by atoms with Gasteiger partial charge in [-0.1, -0.05) is 242 Å². The molecule has 0 atom stereocenters. The number of para-hydroxylation sites is 3. The summed E-state index contributed by atoms with van der Waals surface area (Å²) in [6.45, 7) is 14.1. The van der Waals surface area contributed by atoms with Crippen molar-refractivity contribution in [2.45, 2.75) is 63.2 Å². The van der Waals surface area contributed by atoms with Crippen molar-refractivity contribution in [2.75, 3.05) is 4.90 Å². The Morgan fingerprint density at radius 2 is 0.667 bits per heavy atom. The third-order valence-corrected chi connectivity index (χ3v) is 17.7. The van der Waals surface area contributed by atoms with Gasteiger partial charge >= 0.3 is 0 Å². The van der Waals surface area contributed by atoms with Crippen LogP contribution in [0.4, 0.5) is 17.1 Å². The molecule has 11 aromatic rings. The van der Waals surface area contributed by atoms with E-state index in [0.29, 0.717) is 0 Å². The summed E-state index contributed by atoms with van der Waals surface area (Å²) in [7, 11) is 0. The van der Waals surface area contributed by atoms with Crippen molar-refractivity contribution >= 4 is 17.1 Å². The molecule has 0 fully saturated rings. The minimum atomic E-state index is -0.591. The second-order valence-electron chi connectivity index (χ2n) is 24.0. The number of fused-ring (bicyclic) bond motifs is 19. The zero-order valence-corrected chi connectivity index (χ0v) is 45.0. The van der Waals surface area contributed by atoms with Crippen LogP contribution in [0.15, 0.2) is 249 Å². The second-order valence-corrected chi connectivity index (χ2v) is 24.0. The standard InChI is InChI=1S/C76H59NO/c1-73(2,3)51-35-41-59-60-42-36-52(74(4,5)6)46-68(60)76(67(59)45-51)63-26-14-11-24-57(63)61-43-39-54(47-69(61)76)77(53-37-32-49(33-38-53)48-20-8-7-9-21-48)70-29-17-12-22-55(70)50-34-40-58-56-23-10-13-25-62(56)75(66(58)44-50)64-27-15-18-30-71(64)78-72-31-19-16-28-65(72)75/h7-47H,1-6H3. The fourth-order valence-corrected chi connectivity index (χ4v) is 14.0. The third-order valence-electron chi connectivity index (χ3n) is 17.7. The van der Waals surface area contributed by atoms with Crippen molar-refractivity contribution in [2.24, 2.45) is 0 Å². The molecule has 11 aromatic carbocycles. The molecule has 0 bridgehead atoms. The van der Waals surface area contributed by atoms with Gasteiger partial charge in [0.1, 0.15) is 11.5 Å². The highest BCUT2D eigenvalue weighted by Crippen LogP contribution is 2.66. The van der Waals surface area contributed by atoms with E-state index in [1.165, 1.54) is 89.0 Å². The molecular formula is C76H59NO. The van der Waals surface area contributed by atoms with E-state index in [2.05, 4.69) is 295 Å². The van der Waals surface area contributed by atoms with E-state index in [1.807, 2.05) is 0 Å². The van der Waals surface area contributed by atoms with Crippen LogP contribution in [0, 0.1) is 0 Å². The Hall–Kier alpha value is -8.98. The number of hydrogen-bond donors (Lipinski definition) is 0. The van der Waals surface area contributed by atoms with Gasteiger partial charge in [0.15, 0.2) is 0 Å². The highest BCUT2D eigenvalue weighted by molar-refractivity contribution is 5.98. The van der Waals surface area contributed by atoms with Gasteiger partial charge in [-0.25, -0.2) is 0 Å². The molecule has 3 aliphatic carbocycles. The Bertz CT molecular complexity index is 4150. The van der Waals surface area contributed by atoms with Crippen LogP contribution in [-0.2, 0) is 21.7 Å². The highest BCUT2D eigenvalue weighted by atomic mass is 16.5. The molecule has 0 radical (unpaired) electrons. The molecule has 2 nitrogen and oxygen atoms in total. The summed E-state index contributed by atoms with van der Waals surface area (Å²) >= 11 is 0. The number of benzene rings is 11. The van der Waals surface area contributed by atoms with Crippen molar-refractivity contribution in [1.29, 1.82) is 0 Å². The Morgan fingerprint density at radius 3 is 1.23 bits per heavy atom. The van der Waals surface area contributed by atoms with Crippen molar-refractivity contribution in [3.05, 3.63) is 304 Å². The zero-order chi connectivity index (χ0) is 52.7. The summed E-state index contributed by atoms with van der Waals surface area (Å²) in [5, 5.41) is 0. The lowest BCUT2D eigenvalue weighted by Gasteiger charge is -2.39. The monoisotopic (exact) mass is 1000 g/mol. The van der Waals surface area contributed by atoms with Crippen LogP contribution in [-0.4, -0.2) is 0 Å². The van der Waals surface area contributed by atoms with Crippen LogP contribution in [0.2, 0.25) is 0 Å². The first-order valence-electron chi connectivity index (χ1n) is 27.7. The minimum Gasteiger partial charge on any atom is -0.457 e. The van der Waals surface area contributed by atoms with E-state index in [0.717, 1.165) is 50.8 Å². The molecule has 0 saturated heterocycles. The smallest absolute Gasteiger partial charge is 0.132 e. The van der Waals surface area contributed by atoms with Crippen LogP contribution in [0.5, 0.6) is 11.5 Å². The Morgan fingerprint density at radius 1 is 0.282 bits per heavy atom. The van der Waals surface area contributed by atoms with E-state index in [4.69, 9.17) is 4.74 Å². The van der Waals surface area contributed by atoms with Crippen LogP contribution < -0.4 is 9.64 Å². The largest absolute Gasteiger partial charge is 0.457 e. The Labute approximate surface area is 459 Å². The van der Waals surface area contributed by atoms with Gasteiger partial charge in [0.2, 0.25) is 0 Å². The first-order valence-corrected chi connectivity index (χ1v) is 27.7. The predicted molar refractivity (Wildman–Crippen MR) is 323 cm³/mol. The number of hydrogen-bond acceptors (Lipinski definition) is 2. The summed E-state index contributed by atoms with van der Waals surface area (Å²) in [6, 6.07) is 93.7. The van der Waals surface area contributed by atoms with Gasteiger partial charge in [-0.3, -0.25) is 0 Å². The fraction of sp³-hybridized carbons (Fsp3) is 0.132. The van der Waals surface area contributed by atoms with Gasteiger partial charge in [-0.2, -0.15) is 0 Å². The molecule has 4 aliphatic rings. The molecule has 78 heavy (non-hydrogen) atoms. The summed E-state index contributed by atoms with van der Waals surface area (Å²) < 4.78 is 6.75. The third kappa shape index (κ3) is 6.50. The quantitative estimate of drug-likeness (QED) is 0.170. The van der Waals surface area contributed by atoms with Gasteiger partial charge < -0.3 is 9.64 Å². The van der Waals surface area contributed by atoms with Gasteiger partial charge in [-0.05, 0) is 154 Å². The molecule has 0 amide bonds. The molecule has 0 N–H and O–H groups in total. The average molecular weight is 1000 g/mol. The van der Waals surface area contributed by atoms with E-state index >= 15 is 0 Å². The topological polar surface area (TPSA) is 12.5 Å². The number of rotatable bonds is 5. The van der Waals surface area contributed by atoms with E-state index in [-0.39, 0.29) is 10.8 Å². The molecule has 2 spiro atoms. The van der Waals surface area contributed by atoms with Crippen LogP contribution in [0.3, 0.4) is 0 Å². The molecular weight excluding hydrogens is 943 g/mol. The van der Waals surface area contributed by atoms with Gasteiger partial charge in [0, 0.05) is 28.1 Å². The molecule has 0 saturated carbocycles. The molecule has 0 unspecified atom stereocenters. The molecule has 374 valence electrons. The first kappa shape index (κ1) is 46.3. The zero-order valence-electron chi connectivity index (χ0n) is 45.0. The summed E-state index contributed by atoms with van der Waals surface area (Å²) in [6.07, 6.45) is 0. The summed E-state index contributed by atoms with van der Waals surface area (Å²) in [5.41, 5.74) is 27.4.